The monoisotopic (exact) mass is 290 g/mol. The number of hydrogen-bond donors (Lipinski definition) is 2. The topological polar surface area (TPSA) is 59.0 Å². The van der Waals surface area contributed by atoms with Crippen LogP contribution in [-0.2, 0) is 4.79 Å². The first-order valence-electron chi connectivity index (χ1n) is 8.20. The molecule has 3 rings (SSSR count). The van der Waals surface area contributed by atoms with E-state index in [1.165, 1.54) is 12.8 Å². The zero-order valence-electron chi connectivity index (χ0n) is 13.1. The van der Waals surface area contributed by atoms with Gasteiger partial charge in [0.15, 0.2) is 0 Å². The molecule has 1 aromatic heterocycles. The highest BCUT2D eigenvalue weighted by Crippen LogP contribution is 2.40. The summed E-state index contributed by atoms with van der Waals surface area (Å²) in [5.74, 6) is 2.24. The molecule has 2 N–H and O–H groups in total. The maximum atomic E-state index is 12.3. The Balaban J connectivity index is 1.62. The van der Waals surface area contributed by atoms with E-state index in [4.69, 9.17) is 0 Å². The lowest BCUT2D eigenvalue weighted by Crippen LogP contribution is -2.30. The molecule has 1 unspecified atom stereocenters. The zero-order valence-corrected chi connectivity index (χ0v) is 13.1. The number of nitrogens with zero attached hydrogens (tertiary/aromatic N) is 2. The van der Waals surface area contributed by atoms with Crippen LogP contribution in [0.2, 0.25) is 0 Å². The fraction of sp³-hybridized carbons (Fsp3) is 0.750. The van der Waals surface area contributed by atoms with Gasteiger partial charge in [-0.3, -0.25) is 4.79 Å². The van der Waals surface area contributed by atoms with Gasteiger partial charge < -0.3 is 10.6 Å². The second kappa shape index (κ2) is 6.18. The van der Waals surface area contributed by atoms with E-state index >= 15 is 0 Å². The molecule has 2 aliphatic rings. The molecule has 2 fully saturated rings. The lowest BCUT2D eigenvalue weighted by Gasteiger charge is -2.22. The lowest BCUT2D eigenvalue weighted by molar-refractivity contribution is -0.117. The maximum absolute atomic E-state index is 12.3. The molecule has 1 saturated carbocycles. The molecule has 0 aromatic carbocycles. The van der Waals surface area contributed by atoms with E-state index in [0.29, 0.717) is 18.4 Å². The Labute approximate surface area is 126 Å². The molecule has 0 bridgehead atoms. The van der Waals surface area contributed by atoms with E-state index in [0.717, 1.165) is 43.4 Å². The van der Waals surface area contributed by atoms with Crippen LogP contribution < -0.4 is 10.6 Å². The standard InChI is InChI=1S/C16H26N4O/c1-11-9-15(20(19-11)12(2)14-3-4-14)18-16(21)10-13-5-7-17-8-6-13/h9,12-14,17H,3-8,10H2,1-2H3,(H,18,21). The van der Waals surface area contributed by atoms with E-state index in [2.05, 4.69) is 22.7 Å². The van der Waals surface area contributed by atoms with Gasteiger partial charge in [0.2, 0.25) is 5.91 Å². The second-order valence-electron chi connectivity index (χ2n) is 6.64. The minimum atomic E-state index is 0.131. The summed E-state index contributed by atoms with van der Waals surface area (Å²) in [4.78, 5) is 12.3. The smallest absolute Gasteiger partial charge is 0.225 e. The predicted molar refractivity (Wildman–Crippen MR) is 83.2 cm³/mol. The first-order chi connectivity index (χ1) is 10.1. The van der Waals surface area contributed by atoms with E-state index in [1.807, 2.05) is 17.7 Å². The average Bonchev–Trinajstić information content (AvgIpc) is 3.24. The van der Waals surface area contributed by atoms with Crippen molar-refractivity contribution in [3.63, 3.8) is 0 Å². The molecule has 1 aliphatic carbocycles. The summed E-state index contributed by atoms with van der Waals surface area (Å²) < 4.78 is 2.01. The van der Waals surface area contributed by atoms with Gasteiger partial charge in [-0.2, -0.15) is 5.10 Å². The highest BCUT2D eigenvalue weighted by Gasteiger charge is 2.31. The third kappa shape index (κ3) is 3.64. The minimum Gasteiger partial charge on any atom is -0.317 e. The van der Waals surface area contributed by atoms with Crippen LogP contribution in [0.3, 0.4) is 0 Å². The van der Waals surface area contributed by atoms with Crippen molar-refractivity contribution in [1.29, 1.82) is 0 Å². The van der Waals surface area contributed by atoms with Crippen molar-refractivity contribution in [2.24, 2.45) is 11.8 Å². The fourth-order valence-corrected chi connectivity index (χ4v) is 3.24. The van der Waals surface area contributed by atoms with Crippen molar-refractivity contribution >= 4 is 11.7 Å². The molecule has 1 amide bonds. The summed E-state index contributed by atoms with van der Waals surface area (Å²) in [6, 6.07) is 2.37. The third-order valence-electron chi connectivity index (χ3n) is 4.75. The summed E-state index contributed by atoms with van der Waals surface area (Å²) in [6.45, 7) is 6.26. The summed E-state index contributed by atoms with van der Waals surface area (Å²) >= 11 is 0. The van der Waals surface area contributed by atoms with Crippen molar-refractivity contribution in [3.05, 3.63) is 11.8 Å². The molecular formula is C16H26N4O. The Morgan fingerprint density at radius 2 is 2.14 bits per heavy atom. The van der Waals surface area contributed by atoms with Gasteiger partial charge in [-0.25, -0.2) is 4.68 Å². The van der Waals surface area contributed by atoms with Crippen molar-refractivity contribution in [2.75, 3.05) is 18.4 Å². The zero-order chi connectivity index (χ0) is 14.8. The van der Waals surface area contributed by atoms with Crippen LogP contribution in [0, 0.1) is 18.8 Å². The number of amides is 1. The van der Waals surface area contributed by atoms with E-state index in [1.54, 1.807) is 0 Å². The molecule has 1 atom stereocenters. The number of carbonyl (C=O) groups is 1. The summed E-state index contributed by atoms with van der Waals surface area (Å²) in [5, 5.41) is 11.0. The number of aromatic nitrogens is 2. The minimum absolute atomic E-state index is 0.131. The molecule has 1 aromatic rings. The van der Waals surface area contributed by atoms with E-state index in [-0.39, 0.29) is 5.91 Å². The van der Waals surface area contributed by atoms with Gasteiger partial charge in [-0.05, 0) is 64.5 Å². The quantitative estimate of drug-likeness (QED) is 0.876. The van der Waals surface area contributed by atoms with Gasteiger partial charge in [-0.1, -0.05) is 0 Å². The molecule has 116 valence electrons. The van der Waals surface area contributed by atoms with Crippen molar-refractivity contribution in [1.82, 2.24) is 15.1 Å². The lowest BCUT2D eigenvalue weighted by atomic mass is 9.94. The number of nitrogens with one attached hydrogen (secondary N) is 2. The molecule has 5 nitrogen and oxygen atoms in total. The van der Waals surface area contributed by atoms with Crippen molar-refractivity contribution in [3.8, 4) is 0 Å². The van der Waals surface area contributed by atoms with E-state index in [9.17, 15) is 4.79 Å². The molecule has 21 heavy (non-hydrogen) atoms. The molecule has 0 radical (unpaired) electrons. The summed E-state index contributed by atoms with van der Waals surface area (Å²) in [5.41, 5.74) is 0.972. The van der Waals surface area contributed by atoms with Crippen LogP contribution in [0.1, 0.15) is 50.8 Å². The fourth-order valence-electron chi connectivity index (χ4n) is 3.24. The third-order valence-corrected chi connectivity index (χ3v) is 4.75. The number of anilines is 1. The molecule has 1 saturated heterocycles. The van der Waals surface area contributed by atoms with Gasteiger partial charge in [0.05, 0.1) is 11.7 Å². The first-order valence-corrected chi connectivity index (χ1v) is 8.20. The Bertz CT molecular complexity index is 500. The number of hydrogen-bond acceptors (Lipinski definition) is 3. The van der Waals surface area contributed by atoms with Crippen LogP contribution in [0.4, 0.5) is 5.82 Å². The van der Waals surface area contributed by atoms with Gasteiger partial charge in [0.25, 0.3) is 0 Å². The number of aryl methyl sites for hydroxylation is 1. The molecule has 0 spiro atoms. The van der Waals surface area contributed by atoms with Crippen molar-refractivity contribution < 1.29 is 4.79 Å². The molecular weight excluding hydrogens is 264 g/mol. The van der Waals surface area contributed by atoms with Gasteiger partial charge in [0, 0.05) is 12.5 Å². The van der Waals surface area contributed by atoms with Crippen LogP contribution >= 0.6 is 0 Å². The average molecular weight is 290 g/mol. The maximum Gasteiger partial charge on any atom is 0.225 e. The Morgan fingerprint density at radius 1 is 1.43 bits per heavy atom. The van der Waals surface area contributed by atoms with Crippen molar-refractivity contribution in [2.45, 2.75) is 52.0 Å². The van der Waals surface area contributed by atoms with Gasteiger partial charge in [0.1, 0.15) is 5.82 Å². The van der Waals surface area contributed by atoms with Crippen LogP contribution in [0.15, 0.2) is 6.07 Å². The summed E-state index contributed by atoms with van der Waals surface area (Å²) in [6.07, 6.45) is 5.39. The first kappa shape index (κ1) is 14.6. The van der Waals surface area contributed by atoms with Crippen LogP contribution in [0.5, 0.6) is 0 Å². The number of piperidine rings is 1. The Hall–Kier alpha value is -1.36. The SMILES string of the molecule is Cc1cc(NC(=O)CC2CCNCC2)n(C(C)C2CC2)n1. The second-order valence-corrected chi connectivity index (χ2v) is 6.64. The van der Waals surface area contributed by atoms with Crippen LogP contribution in [-0.4, -0.2) is 28.8 Å². The highest BCUT2D eigenvalue weighted by molar-refractivity contribution is 5.90. The number of carbonyl (C=O) groups excluding carboxylic acids is 1. The molecule has 2 heterocycles. The summed E-state index contributed by atoms with van der Waals surface area (Å²) in [7, 11) is 0. The largest absolute Gasteiger partial charge is 0.317 e. The molecule has 1 aliphatic heterocycles. The van der Waals surface area contributed by atoms with Crippen LogP contribution in [0.25, 0.3) is 0 Å². The van der Waals surface area contributed by atoms with E-state index < -0.39 is 0 Å². The highest BCUT2D eigenvalue weighted by atomic mass is 16.1. The normalized spacial score (nSPS) is 21.2. The Morgan fingerprint density at radius 3 is 2.81 bits per heavy atom. The molecule has 5 heteroatoms. The van der Waals surface area contributed by atoms with Gasteiger partial charge in [-0.15, -0.1) is 0 Å². The van der Waals surface area contributed by atoms with Gasteiger partial charge >= 0.3 is 0 Å². The predicted octanol–water partition coefficient (Wildman–Crippen LogP) is 2.49. The number of rotatable bonds is 5. The Kier molecular flexibility index (Phi) is 4.29.